The van der Waals surface area contributed by atoms with Crippen LogP contribution in [0.3, 0.4) is 0 Å². The molecule has 5 heteroatoms. The predicted molar refractivity (Wildman–Crippen MR) is 108 cm³/mol. The summed E-state index contributed by atoms with van der Waals surface area (Å²) in [7, 11) is 0. The highest BCUT2D eigenvalue weighted by molar-refractivity contribution is 6.02. The summed E-state index contributed by atoms with van der Waals surface area (Å²) < 4.78 is 0. The lowest BCUT2D eigenvalue weighted by Gasteiger charge is -2.13. The lowest BCUT2D eigenvalue weighted by Crippen LogP contribution is -2.26. The van der Waals surface area contributed by atoms with Gasteiger partial charge in [-0.3, -0.25) is 0 Å². The van der Waals surface area contributed by atoms with Crippen LogP contribution in [0.4, 0.5) is 11.4 Å². The van der Waals surface area contributed by atoms with Gasteiger partial charge in [-0.2, -0.15) is 4.99 Å². The molecule has 25 heavy (non-hydrogen) atoms. The molecule has 0 amide bonds. The summed E-state index contributed by atoms with van der Waals surface area (Å²) in [5, 5.41) is 3.13. The molecule has 0 bridgehead atoms. The van der Waals surface area contributed by atoms with Crippen molar-refractivity contribution in [2.45, 2.75) is 41.5 Å². The number of rotatable bonds is 2. The zero-order valence-corrected chi connectivity index (χ0v) is 15.9. The molecule has 2 aromatic rings. The van der Waals surface area contributed by atoms with Gasteiger partial charge in [-0.1, -0.05) is 35.4 Å². The number of aliphatic imine (C=N–C) groups is 2. The average molecular weight is 337 g/mol. The average Bonchev–Trinajstić information content (AvgIpc) is 2.46. The molecule has 132 valence electrons. The van der Waals surface area contributed by atoms with E-state index < -0.39 is 0 Å². The number of hydrogen-bond acceptors (Lipinski definition) is 1. The van der Waals surface area contributed by atoms with Crippen LogP contribution in [-0.2, 0) is 0 Å². The highest BCUT2D eigenvalue weighted by Crippen LogP contribution is 2.25. The third kappa shape index (κ3) is 4.59. The lowest BCUT2D eigenvalue weighted by molar-refractivity contribution is 1.27. The molecule has 0 aliphatic carbocycles. The fourth-order valence-corrected chi connectivity index (χ4v) is 3.14. The summed E-state index contributed by atoms with van der Waals surface area (Å²) in [6.07, 6.45) is 0. The van der Waals surface area contributed by atoms with Crippen molar-refractivity contribution >= 4 is 23.3 Å². The zero-order chi connectivity index (χ0) is 18.7. The second-order valence-corrected chi connectivity index (χ2v) is 6.61. The Morgan fingerprint density at radius 1 is 0.760 bits per heavy atom. The van der Waals surface area contributed by atoms with E-state index in [2.05, 4.69) is 53.4 Å². The molecule has 0 saturated heterocycles. The fourth-order valence-electron chi connectivity index (χ4n) is 3.14. The Hall–Kier alpha value is -2.82. The second kappa shape index (κ2) is 7.38. The number of nitrogens with one attached hydrogen (secondary N) is 1. The van der Waals surface area contributed by atoms with Gasteiger partial charge in [0.25, 0.3) is 0 Å². The second-order valence-electron chi connectivity index (χ2n) is 6.61. The first-order valence-corrected chi connectivity index (χ1v) is 8.28. The summed E-state index contributed by atoms with van der Waals surface area (Å²) >= 11 is 0. The molecule has 0 heterocycles. The molecule has 0 fully saturated rings. The first-order valence-electron chi connectivity index (χ1n) is 8.28. The Kier molecular flexibility index (Phi) is 5.47. The van der Waals surface area contributed by atoms with Crippen molar-refractivity contribution in [1.29, 1.82) is 0 Å². The van der Waals surface area contributed by atoms with Crippen molar-refractivity contribution in [2.75, 3.05) is 5.32 Å². The van der Waals surface area contributed by atoms with Crippen LogP contribution in [-0.4, -0.2) is 11.9 Å². The highest BCUT2D eigenvalue weighted by Gasteiger charge is 2.06. The van der Waals surface area contributed by atoms with Crippen molar-refractivity contribution in [3.8, 4) is 0 Å². The van der Waals surface area contributed by atoms with E-state index in [1.165, 1.54) is 11.1 Å². The Labute approximate surface area is 149 Å². The van der Waals surface area contributed by atoms with Gasteiger partial charge in [-0.15, -0.1) is 0 Å². The third-order valence-corrected chi connectivity index (χ3v) is 4.03. The molecule has 2 aromatic carbocycles. The fraction of sp³-hybridized carbons (Fsp3) is 0.300. The maximum Gasteiger partial charge on any atom is 0.223 e. The summed E-state index contributed by atoms with van der Waals surface area (Å²) in [6, 6.07) is 8.34. The van der Waals surface area contributed by atoms with Crippen LogP contribution in [0.5, 0.6) is 0 Å². The number of anilines is 1. The molecular formula is C20H27N5. The first-order chi connectivity index (χ1) is 11.7. The molecule has 0 aliphatic rings. The number of nitrogens with two attached hydrogens (primary N) is 2. The Morgan fingerprint density at radius 2 is 1.20 bits per heavy atom. The van der Waals surface area contributed by atoms with Crippen molar-refractivity contribution in [2.24, 2.45) is 21.5 Å². The Bertz CT molecular complexity index is 816. The molecule has 0 atom stereocenters. The van der Waals surface area contributed by atoms with Gasteiger partial charge in [0.05, 0.1) is 5.69 Å². The topological polar surface area (TPSA) is 88.8 Å². The number of benzene rings is 2. The van der Waals surface area contributed by atoms with Crippen molar-refractivity contribution in [3.63, 3.8) is 0 Å². The van der Waals surface area contributed by atoms with Gasteiger partial charge in [0.1, 0.15) is 0 Å². The SMILES string of the molecule is Cc1cc(C)c(N=C(N)/N=C(\N)Nc2c(C)cc(C)cc2C)c(C)c1. The van der Waals surface area contributed by atoms with Gasteiger partial charge < -0.3 is 16.8 Å². The van der Waals surface area contributed by atoms with Crippen LogP contribution in [0.2, 0.25) is 0 Å². The van der Waals surface area contributed by atoms with Crippen LogP contribution in [0.15, 0.2) is 34.3 Å². The van der Waals surface area contributed by atoms with Crippen LogP contribution in [0.1, 0.15) is 33.4 Å². The molecule has 0 radical (unpaired) electrons. The molecule has 0 spiro atoms. The minimum Gasteiger partial charge on any atom is -0.369 e. The van der Waals surface area contributed by atoms with Gasteiger partial charge in [0.15, 0.2) is 0 Å². The van der Waals surface area contributed by atoms with Crippen LogP contribution in [0.25, 0.3) is 0 Å². The van der Waals surface area contributed by atoms with E-state index in [0.717, 1.165) is 33.6 Å². The van der Waals surface area contributed by atoms with E-state index in [4.69, 9.17) is 11.5 Å². The number of guanidine groups is 2. The molecule has 0 aromatic heterocycles. The molecule has 5 N–H and O–H groups in total. The maximum atomic E-state index is 6.01. The molecule has 0 saturated carbocycles. The van der Waals surface area contributed by atoms with Gasteiger partial charge in [0.2, 0.25) is 11.9 Å². The molecule has 0 aliphatic heterocycles. The van der Waals surface area contributed by atoms with E-state index in [-0.39, 0.29) is 11.9 Å². The largest absolute Gasteiger partial charge is 0.369 e. The van der Waals surface area contributed by atoms with E-state index in [1.807, 2.05) is 27.7 Å². The normalized spacial score (nSPS) is 12.4. The predicted octanol–water partition coefficient (Wildman–Crippen LogP) is 3.91. The van der Waals surface area contributed by atoms with Crippen LogP contribution in [0, 0.1) is 41.5 Å². The highest BCUT2D eigenvalue weighted by atomic mass is 15.2. The third-order valence-electron chi connectivity index (χ3n) is 4.03. The van der Waals surface area contributed by atoms with Gasteiger partial charge in [-0.25, -0.2) is 4.99 Å². The molecular weight excluding hydrogens is 310 g/mol. The molecule has 2 rings (SSSR count). The summed E-state index contributed by atoms with van der Waals surface area (Å²) in [4.78, 5) is 8.61. The van der Waals surface area contributed by atoms with Crippen LogP contribution >= 0.6 is 0 Å². The minimum absolute atomic E-state index is 0.127. The van der Waals surface area contributed by atoms with E-state index in [0.29, 0.717) is 0 Å². The minimum atomic E-state index is 0.127. The summed E-state index contributed by atoms with van der Waals surface area (Å²) in [5.74, 6) is 0.348. The summed E-state index contributed by atoms with van der Waals surface area (Å²) in [5.41, 5.74) is 20.5. The van der Waals surface area contributed by atoms with E-state index >= 15 is 0 Å². The monoisotopic (exact) mass is 337 g/mol. The standard InChI is InChI=1S/C20H27N5/c1-11-7-13(3)17(14(4)8-11)23-19(21)25-20(22)24-18-15(5)9-12(2)10-16(18)6/h7-10H,1-6H3,(H5,21,22,23,24,25). The maximum absolute atomic E-state index is 6.01. The van der Waals surface area contributed by atoms with Gasteiger partial charge in [0, 0.05) is 5.69 Å². The van der Waals surface area contributed by atoms with Gasteiger partial charge >= 0.3 is 0 Å². The number of aryl methyl sites for hydroxylation is 6. The van der Waals surface area contributed by atoms with Crippen molar-refractivity contribution in [1.82, 2.24) is 0 Å². The molecule has 5 nitrogen and oxygen atoms in total. The molecule has 0 unspecified atom stereocenters. The van der Waals surface area contributed by atoms with E-state index in [9.17, 15) is 0 Å². The van der Waals surface area contributed by atoms with Gasteiger partial charge in [-0.05, 0) is 63.8 Å². The smallest absolute Gasteiger partial charge is 0.223 e. The Balaban J connectivity index is 2.28. The first kappa shape index (κ1) is 18.5. The number of hydrogen-bond donors (Lipinski definition) is 3. The van der Waals surface area contributed by atoms with Crippen LogP contribution < -0.4 is 16.8 Å². The zero-order valence-electron chi connectivity index (χ0n) is 15.9. The van der Waals surface area contributed by atoms with Crippen molar-refractivity contribution < 1.29 is 0 Å². The quantitative estimate of drug-likeness (QED) is 0.573. The van der Waals surface area contributed by atoms with E-state index in [1.54, 1.807) is 0 Å². The lowest BCUT2D eigenvalue weighted by atomic mass is 10.1. The Morgan fingerprint density at radius 3 is 1.68 bits per heavy atom. The van der Waals surface area contributed by atoms with Crippen molar-refractivity contribution in [3.05, 3.63) is 57.6 Å². The number of nitrogens with zero attached hydrogens (tertiary/aromatic N) is 2. The summed E-state index contributed by atoms with van der Waals surface area (Å²) in [6.45, 7) is 12.2.